The molecule has 2 aromatic carbocycles. The van der Waals surface area contributed by atoms with Gasteiger partial charge in [0.05, 0.1) is 23.2 Å². The summed E-state index contributed by atoms with van der Waals surface area (Å²) in [6, 6.07) is 14.6. The van der Waals surface area contributed by atoms with Crippen LogP contribution in [-0.2, 0) is 11.3 Å². The molecule has 4 rings (SSSR count). The number of carbonyl (C=O) groups excluding carboxylic acids is 1. The Labute approximate surface area is 211 Å². The molecule has 1 amide bonds. The number of halogens is 1. The molecule has 4 aromatic rings. The molecular weight excluding hydrogens is 486 g/mol. The maximum absolute atomic E-state index is 12.4. The molecule has 0 spiro atoms. The zero-order chi connectivity index (χ0) is 25.8. The average molecular weight is 508 g/mol. The van der Waals surface area contributed by atoms with E-state index in [0.29, 0.717) is 33.7 Å². The molecule has 0 fully saturated rings. The van der Waals surface area contributed by atoms with Crippen molar-refractivity contribution >= 4 is 29.5 Å². The summed E-state index contributed by atoms with van der Waals surface area (Å²) in [7, 11) is 0. The fraction of sp³-hybridized carbons (Fsp3) is 0.167. The Bertz CT molecular complexity index is 1440. The van der Waals surface area contributed by atoms with Crippen LogP contribution >= 0.6 is 11.6 Å². The monoisotopic (exact) mass is 507 g/mol. The number of rotatable bonds is 8. The third kappa shape index (κ3) is 5.41. The number of benzene rings is 2. The highest BCUT2D eigenvalue weighted by Gasteiger charge is 2.21. The number of aromatic nitrogens is 4. The molecule has 0 aliphatic carbocycles. The minimum absolute atomic E-state index is 0.277. The van der Waals surface area contributed by atoms with E-state index in [0.717, 1.165) is 17.4 Å². The van der Waals surface area contributed by atoms with Crippen LogP contribution in [0.15, 0.2) is 59.8 Å². The zero-order valence-corrected chi connectivity index (χ0v) is 20.4. The van der Waals surface area contributed by atoms with Crippen molar-refractivity contribution in [2.45, 2.75) is 27.3 Å². The summed E-state index contributed by atoms with van der Waals surface area (Å²) in [5.74, 6) is 0.432. The number of amides is 1. The lowest BCUT2D eigenvalue weighted by atomic mass is 10.2. The maximum Gasteiger partial charge on any atom is 0.343 e. The number of nitrogens with one attached hydrogen (secondary N) is 1. The van der Waals surface area contributed by atoms with E-state index >= 15 is 0 Å². The molecule has 2 heterocycles. The Kier molecular flexibility index (Phi) is 7.11. The molecule has 12 heteroatoms. The number of carbonyl (C=O) groups is 1. The molecule has 2 aromatic heterocycles. The number of ether oxygens (including phenoxy) is 1. The molecule has 0 aliphatic rings. The molecule has 0 saturated carbocycles. The Morgan fingerprint density at radius 2 is 1.86 bits per heavy atom. The molecule has 0 atom stereocenters. The van der Waals surface area contributed by atoms with Crippen LogP contribution in [0.4, 0.5) is 5.82 Å². The van der Waals surface area contributed by atoms with Gasteiger partial charge < -0.3 is 14.9 Å². The van der Waals surface area contributed by atoms with E-state index in [1.54, 1.807) is 42.8 Å². The fourth-order valence-corrected chi connectivity index (χ4v) is 3.51. The van der Waals surface area contributed by atoms with Crippen LogP contribution in [-0.4, -0.2) is 36.4 Å². The van der Waals surface area contributed by atoms with Crippen LogP contribution in [0.3, 0.4) is 0 Å². The molecular formula is C24H22ClN7O4. The van der Waals surface area contributed by atoms with Gasteiger partial charge in [0, 0.05) is 11.9 Å². The van der Waals surface area contributed by atoms with E-state index in [-0.39, 0.29) is 12.4 Å². The Morgan fingerprint density at radius 1 is 1.17 bits per heavy atom. The number of imidazole rings is 1. The van der Waals surface area contributed by atoms with Gasteiger partial charge in [0.1, 0.15) is 11.9 Å². The molecule has 0 unspecified atom stereocenters. The van der Waals surface area contributed by atoms with Crippen LogP contribution < -0.4 is 10.2 Å². The number of nitro groups is 1. The van der Waals surface area contributed by atoms with Gasteiger partial charge in [-0.05, 0) is 55.2 Å². The third-order valence-corrected chi connectivity index (χ3v) is 5.53. The van der Waals surface area contributed by atoms with Gasteiger partial charge in [-0.3, -0.25) is 4.79 Å². The summed E-state index contributed by atoms with van der Waals surface area (Å²) in [5.41, 5.74) is 5.42. The topological polar surface area (TPSA) is 129 Å². The summed E-state index contributed by atoms with van der Waals surface area (Å²) in [5, 5.41) is 20.4. The SMILES string of the molecule is Cc1ccc(-n2nc(C)c(/C=N/NC(=O)Cn3c([N+](=O)[O-])cnc3C)c2Oc2ccc(Cl)cc2)cc1. The van der Waals surface area contributed by atoms with E-state index in [9.17, 15) is 14.9 Å². The van der Waals surface area contributed by atoms with Crippen molar-refractivity contribution in [2.75, 3.05) is 0 Å². The molecule has 184 valence electrons. The molecule has 11 nitrogen and oxygen atoms in total. The normalized spacial score (nSPS) is 11.1. The van der Waals surface area contributed by atoms with Crippen molar-refractivity contribution < 1.29 is 14.5 Å². The highest BCUT2D eigenvalue weighted by Crippen LogP contribution is 2.30. The molecule has 0 bridgehead atoms. The van der Waals surface area contributed by atoms with Crippen LogP contribution in [0, 0.1) is 30.9 Å². The Morgan fingerprint density at radius 3 is 2.53 bits per heavy atom. The first kappa shape index (κ1) is 24.6. The van der Waals surface area contributed by atoms with Gasteiger partial charge >= 0.3 is 5.82 Å². The number of hydrazone groups is 1. The largest absolute Gasteiger partial charge is 0.438 e. The first-order valence-electron chi connectivity index (χ1n) is 10.8. The van der Waals surface area contributed by atoms with Crippen molar-refractivity contribution in [1.82, 2.24) is 24.8 Å². The standard InChI is InChI=1S/C24H22ClN7O4/c1-15-4-8-19(9-5-15)31-24(36-20-10-6-18(25)7-11-20)21(16(2)29-31)12-27-28-22(33)14-30-17(3)26-13-23(30)32(34)35/h4-13H,14H2,1-3H3,(H,28,33)/b27-12+. The van der Waals surface area contributed by atoms with Crippen molar-refractivity contribution in [3.8, 4) is 17.3 Å². The Balaban J connectivity index is 1.61. The smallest absolute Gasteiger partial charge is 0.343 e. The van der Waals surface area contributed by atoms with E-state index in [2.05, 4.69) is 20.6 Å². The van der Waals surface area contributed by atoms with E-state index in [1.807, 2.05) is 31.2 Å². The minimum Gasteiger partial charge on any atom is -0.438 e. The second-order valence-electron chi connectivity index (χ2n) is 7.91. The fourth-order valence-electron chi connectivity index (χ4n) is 3.39. The first-order valence-corrected chi connectivity index (χ1v) is 11.2. The molecule has 0 saturated heterocycles. The average Bonchev–Trinajstić information content (AvgIpc) is 3.35. The van der Waals surface area contributed by atoms with Crippen molar-refractivity contribution in [2.24, 2.45) is 5.10 Å². The second kappa shape index (κ2) is 10.4. The zero-order valence-electron chi connectivity index (χ0n) is 19.7. The molecule has 36 heavy (non-hydrogen) atoms. The summed E-state index contributed by atoms with van der Waals surface area (Å²) in [6.07, 6.45) is 2.53. The van der Waals surface area contributed by atoms with E-state index in [4.69, 9.17) is 16.3 Å². The summed E-state index contributed by atoms with van der Waals surface area (Å²) >= 11 is 6.00. The third-order valence-electron chi connectivity index (χ3n) is 5.27. The first-order chi connectivity index (χ1) is 17.2. The van der Waals surface area contributed by atoms with Crippen LogP contribution in [0.5, 0.6) is 11.6 Å². The lowest BCUT2D eigenvalue weighted by Crippen LogP contribution is -2.24. The highest BCUT2D eigenvalue weighted by atomic mass is 35.5. The quantitative estimate of drug-likeness (QED) is 0.212. The van der Waals surface area contributed by atoms with Crippen molar-refractivity contribution in [3.63, 3.8) is 0 Å². The lowest BCUT2D eigenvalue weighted by molar-refractivity contribution is -0.392. The van der Waals surface area contributed by atoms with Crippen LogP contribution in [0.2, 0.25) is 5.02 Å². The maximum atomic E-state index is 12.4. The van der Waals surface area contributed by atoms with E-state index < -0.39 is 10.8 Å². The van der Waals surface area contributed by atoms with Crippen LogP contribution in [0.1, 0.15) is 22.6 Å². The minimum atomic E-state index is -0.597. The number of hydrogen-bond acceptors (Lipinski definition) is 7. The van der Waals surface area contributed by atoms with Crippen molar-refractivity contribution in [3.05, 3.63) is 92.5 Å². The van der Waals surface area contributed by atoms with Gasteiger partial charge in [0.2, 0.25) is 5.88 Å². The van der Waals surface area contributed by atoms with Crippen LogP contribution in [0.25, 0.3) is 5.69 Å². The van der Waals surface area contributed by atoms with Gasteiger partial charge in [0.25, 0.3) is 5.91 Å². The predicted molar refractivity (Wildman–Crippen MR) is 134 cm³/mol. The molecule has 0 radical (unpaired) electrons. The molecule has 1 N–H and O–H groups in total. The highest BCUT2D eigenvalue weighted by molar-refractivity contribution is 6.30. The van der Waals surface area contributed by atoms with E-state index in [1.165, 1.54) is 10.8 Å². The van der Waals surface area contributed by atoms with Gasteiger partial charge in [-0.1, -0.05) is 29.3 Å². The van der Waals surface area contributed by atoms with Gasteiger partial charge in [-0.2, -0.15) is 14.9 Å². The molecule has 0 aliphatic heterocycles. The summed E-state index contributed by atoms with van der Waals surface area (Å²) in [4.78, 5) is 26.9. The summed E-state index contributed by atoms with van der Waals surface area (Å²) in [6.45, 7) is 5.05. The number of hydrogen-bond donors (Lipinski definition) is 1. The van der Waals surface area contributed by atoms with Gasteiger partial charge in [0.15, 0.2) is 12.4 Å². The number of aryl methyl sites for hydroxylation is 3. The van der Waals surface area contributed by atoms with Gasteiger partial charge in [-0.15, -0.1) is 0 Å². The Hall–Kier alpha value is -4.51. The van der Waals surface area contributed by atoms with Crippen molar-refractivity contribution in [1.29, 1.82) is 0 Å². The predicted octanol–water partition coefficient (Wildman–Crippen LogP) is 4.50. The van der Waals surface area contributed by atoms with Gasteiger partial charge in [-0.25, -0.2) is 15.0 Å². The lowest BCUT2D eigenvalue weighted by Gasteiger charge is -2.10. The number of nitrogens with zero attached hydrogens (tertiary/aromatic N) is 6. The second-order valence-corrected chi connectivity index (χ2v) is 8.34. The summed E-state index contributed by atoms with van der Waals surface area (Å²) < 4.78 is 8.99.